The van der Waals surface area contributed by atoms with Crippen molar-refractivity contribution in [1.82, 2.24) is 14.9 Å². The van der Waals surface area contributed by atoms with Crippen molar-refractivity contribution in [2.45, 2.75) is 25.3 Å². The van der Waals surface area contributed by atoms with Gasteiger partial charge < -0.3 is 9.26 Å². The van der Waals surface area contributed by atoms with Crippen LogP contribution >= 0.6 is 11.6 Å². The molecule has 0 atom stereocenters. The highest BCUT2D eigenvalue weighted by molar-refractivity contribution is 7.89. The highest BCUT2D eigenvalue weighted by atomic mass is 35.5. The summed E-state index contributed by atoms with van der Waals surface area (Å²) in [4.78, 5) is 4.42. The van der Waals surface area contributed by atoms with Gasteiger partial charge >= 0.3 is 0 Å². The van der Waals surface area contributed by atoms with Crippen molar-refractivity contribution in [3.8, 4) is 17.1 Å². The van der Waals surface area contributed by atoms with Crippen LogP contribution < -0.4 is 9.46 Å². The highest BCUT2D eigenvalue weighted by Gasteiger charge is 2.21. The lowest BCUT2D eigenvalue weighted by atomic mass is 10.1. The molecule has 3 rings (SSSR count). The summed E-state index contributed by atoms with van der Waals surface area (Å²) >= 11 is 5.86. The van der Waals surface area contributed by atoms with Crippen molar-refractivity contribution in [1.29, 1.82) is 0 Å². The fourth-order valence-corrected chi connectivity index (χ4v) is 4.27. The Morgan fingerprint density at radius 1 is 1.15 bits per heavy atom. The fraction of sp³-hybridized carbons (Fsp3) is 0.222. The molecule has 27 heavy (non-hydrogen) atoms. The third-order valence-corrected chi connectivity index (χ3v) is 5.88. The molecule has 0 amide bonds. The minimum atomic E-state index is -3.76. The molecule has 2 aromatic carbocycles. The molecule has 1 N–H and O–H groups in total. The van der Waals surface area contributed by atoms with Crippen molar-refractivity contribution in [3.63, 3.8) is 0 Å². The van der Waals surface area contributed by atoms with Gasteiger partial charge in [-0.1, -0.05) is 16.8 Å². The van der Waals surface area contributed by atoms with E-state index in [1.807, 2.05) is 0 Å². The molecule has 1 heterocycles. The van der Waals surface area contributed by atoms with Crippen LogP contribution in [0.15, 0.2) is 45.8 Å². The summed E-state index contributed by atoms with van der Waals surface area (Å²) in [5.41, 5.74) is 1.90. The Morgan fingerprint density at radius 3 is 2.37 bits per heavy atom. The Hall–Kier alpha value is -2.42. The lowest BCUT2D eigenvalue weighted by molar-refractivity contribution is 0.376. The van der Waals surface area contributed by atoms with Crippen LogP contribution in [0.5, 0.6) is 5.75 Å². The van der Waals surface area contributed by atoms with E-state index in [-0.39, 0.29) is 17.3 Å². The van der Waals surface area contributed by atoms with Gasteiger partial charge in [0.25, 0.3) is 0 Å². The summed E-state index contributed by atoms with van der Waals surface area (Å²) < 4.78 is 38.2. The third-order valence-electron chi connectivity index (χ3n) is 3.92. The number of methoxy groups -OCH3 is 1. The minimum absolute atomic E-state index is 0.117. The second-order valence-electron chi connectivity index (χ2n) is 5.93. The summed E-state index contributed by atoms with van der Waals surface area (Å²) in [6.07, 6.45) is 0. The van der Waals surface area contributed by atoms with E-state index in [2.05, 4.69) is 14.9 Å². The molecule has 0 saturated heterocycles. The molecule has 0 unspecified atom stereocenters. The van der Waals surface area contributed by atoms with E-state index >= 15 is 0 Å². The Morgan fingerprint density at radius 2 is 1.78 bits per heavy atom. The predicted molar refractivity (Wildman–Crippen MR) is 101 cm³/mol. The third kappa shape index (κ3) is 4.29. The first-order valence-corrected chi connectivity index (χ1v) is 9.89. The fourth-order valence-electron chi connectivity index (χ4n) is 2.72. The summed E-state index contributed by atoms with van der Waals surface area (Å²) in [7, 11) is -2.22. The Bertz CT molecular complexity index is 1040. The van der Waals surface area contributed by atoms with Gasteiger partial charge in [0, 0.05) is 10.6 Å². The number of nitrogens with zero attached hydrogens (tertiary/aromatic N) is 2. The molecule has 0 bridgehead atoms. The average Bonchev–Trinajstić information content (AvgIpc) is 3.09. The van der Waals surface area contributed by atoms with Gasteiger partial charge in [-0.15, -0.1) is 0 Å². The number of hydrogen-bond acceptors (Lipinski definition) is 6. The first kappa shape index (κ1) is 19.3. The van der Waals surface area contributed by atoms with Crippen LogP contribution in [-0.2, 0) is 16.6 Å². The van der Waals surface area contributed by atoms with E-state index in [0.717, 1.165) is 5.56 Å². The van der Waals surface area contributed by atoms with Gasteiger partial charge in [-0.3, -0.25) is 0 Å². The molecule has 0 aliphatic rings. The van der Waals surface area contributed by atoms with Crippen molar-refractivity contribution in [3.05, 3.63) is 58.4 Å². The smallest absolute Gasteiger partial charge is 0.242 e. The predicted octanol–water partition coefficient (Wildman–Crippen LogP) is 3.49. The monoisotopic (exact) mass is 407 g/mol. The van der Waals surface area contributed by atoms with Crippen LogP contribution in [-0.4, -0.2) is 25.7 Å². The number of ether oxygens (including phenoxy) is 1. The maximum absolute atomic E-state index is 12.7. The maximum Gasteiger partial charge on any atom is 0.242 e. The molecular weight excluding hydrogens is 390 g/mol. The Balaban J connectivity index is 1.78. The largest absolute Gasteiger partial charge is 0.497 e. The summed E-state index contributed by atoms with van der Waals surface area (Å²) in [6.45, 7) is 3.32. The lowest BCUT2D eigenvalue weighted by Crippen LogP contribution is -2.25. The summed E-state index contributed by atoms with van der Waals surface area (Å²) in [5.74, 6) is 1.12. The quantitative estimate of drug-likeness (QED) is 0.672. The van der Waals surface area contributed by atoms with Crippen LogP contribution in [0.2, 0.25) is 5.02 Å². The van der Waals surface area contributed by atoms with Crippen LogP contribution in [0.1, 0.15) is 17.0 Å². The zero-order valence-corrected chi connectivity index (χ0v) is 16.6. The van der Waals surface area contributed by atoms with Crippen LogP contribution in [0.4, 0.5) is 0 Å². The van der Waals surface area contributed by atoms with Gasteiger partial charge in [0.2, 0.25) is 21.7 Å². The molecule has 3 aromatic rings. The number of aryl methyl sites for hydroxylation is 2. The number of benzene rings is 2. The molecule has 0 radical (unpaired) electrons. The van der Waals surface area contributed by atoms with Gasteiger partial charge in [-0.05, 0) is 61.4 Å². The number of aromatic nitrogens is 2. The normalized spacial score (nSPS) is 11.6. The van der Waals surface area contributed by atoms with Crippen LogP contribution in [0, 0.1) is 13.8 Å². The molecule has 0 aliphatic carbocycles. The zero-order valence-electron chi connectivity index (χ0n) is 15.0. The van der Waals surface area contributed by atoms with Crippen molar-refractivity contribution < 1.29 is 17.7 Å². The molecule has 0 fully saturated rings. The van der Waals surface area contributed by atoms with Gasteiger partial charge in [0.1, 0.15) is 5.75 Å². The number of hydrogen-bond donors (Lipinski definition) is 1. The minimum Gasteiger partial charge on any atom is -0.497 e. The van der Waals surface area contributed by atoms with E-state index in [0.29, 0.717) is 27.7 Å². The van der Waals surface area contributed by atoms with Gasteiger partial charge in [0.15, 0.2) is 0 Å². The molecule has 0 spiro atoms. The van der Waals surface area contributed by atoms with Crippen LogP contribution in [0.25, 0.3) is 11.4 Å². The molecule has 0 aliphatic heterocycles. The SMILES string of the molecule is COc1cc(C)c(S(=O)(=O)NCc2nc(-c3ccc(Cl)cc3)no2)c(C)c1. The van der Waals surface area contributed by atoms with E-state index in [9.17, 15) is 8.42 Å². The van der Waals surface area contributed by atoms with E-state index in [1.165, 1.54) is 7.11 Å². The number of rotatable bonds is 6. The molecule has 9 heteroatoms. The van der Waals surface area contributed by atoms with Crippen molar-refractivity contribution in [2.75, 3.05) is 7.11 Å². The molecular formula is C18H18ClN3O4S. The summed E-state index contributed by atoms with van der Waals surface area (Å²) in [6, 6.07) is 10.3. The standard InChI is InChI=1S/C18H18ClN3O4S/c1-11-8-15(25-3)9-12(2)17(11)27(23,24)20-10-16-21-18(22-26-16)13-4-6-14(19)7-5-13/h4-9,20H,10H2,1-3H3. The topological polar surface area (TPSA) is 94.3 Å². The number of halogens is 1. The lowest BCUT2D eigenvalue weighted by Gasteiger charge is -2.12. The molecule has 142 valence electrons. The molecule has 1 aromatic heterocycles. The maximum atomic E-state index is 12.7. The van der Waals surface area contributed by atoms with Gasteiger partial charge in [-0.2, -0.15) is 4.98 Å². The second kappa shape index (κ2) is 7.67. The molecule has 7 nitrogen and oxygen atoms in total. The van der Waals surface area contributed by atoms with Gasteiger partial charge in [0.05, 0.1) is 18.6 Å². The number of sulfonamides is 1. The van der Waals surface area contributed by atoms with Crippen molar-refractivity contribution in [2.24, 2.45) is 0 Å². The number of nitrogens with one attached hydrogen (secondary N) is 1. The Labute approximate surface area is 162 Å². The van der Waals surface area contributed by atoms with Gasteiger partial charge in [-0.25, -0.2) is 13.1 Å². The first-order valence-electron chi connectivity index (χ1n) is 8.03. The van der Waals surface area contributed by atoms with Crippen molar-refractivity contribution >= 4 is 21.6 Å². The Kier molecular flexibility index (Phi) is 5.50. The summed E-state index contributed by atoms with van der Waals surface area (Å²) in [5, 5.41) is 4.46. The van der Waals surface area contributed by atoms with E-state index in [1.54, 1.807) is 50.2 Å². The first-order chi connectivity index (χ1) is 12.8. The average molecular weight is 408 g/mol. The van der Waals surface area contributed by atoms with Crippen LogP contribution in [0.3, 0.4) is 0 Å². The zero-order chi connectivity index (χ0) is 19.6. The van der Waals surface area contributed by atoms with E-state index in [4.69, 9.17) is 20.9 Å². The van der Waals surface area contributed by atoms with E-state index < -0.39 is 10.0 Å². The highest BCUT2D eigenvalue weighted by Crippen LogP contribution is 2.26. The molecule has 0 saturated carbocycles. The second-order valence-corrected chi connectivity index (χ2v) is 8.07.